The Bertz CT molecular complexity index is 725. The van der Waals surface area contributed by atoms with Gasteiger partial charge in [-0.2, -0.15) is 0 Å². The normalized spacial score (nSPS) is 11.1. The molecule has 2 aromatic heterocycles. The second-order valence-electron chi connectivity index (χ2n) is 3.63. The summed E-state index contributed by atoms with van der Waals surface area (Å²) < 4.78 is 5.05. The number of fused-ring (bicyclic) bond motifs is 3. The molecule has 2 N–H and O–H groups in total. The molecule has 80 valence electrons. The van der Waals surface area contributed by atoms with E-state index >= 15 is 0 Å². The number of ether oxygens (including phenoxy) is 1. The molecule has 0 amide bonds. The van der Waals surface area contributed by atoms with Crippen molar-refractivity contribution in [3.8, 4) is 5.88 Å². The highest BCUT2D eigenvalue weighted by Crippen LogP contribution is 2.24. The van der Waals surface area contributed by atoms with Crippen molar-refractivity contribution in [2.24, 2.45) is 0 Å². The molecule has 0 bridgehead atoms. The Kier molecular flexibility index (Phi) is 1.77. The predicted octanol–water partition coefficient (Wildman–Crippen LogP) is 2.02. The second kappa shape index (κ2) is 3.13. The van der Waals surface area contributed by atoms with E-state index in [1.54, 1.807) is 0 Å². The fourth-order valence-corrected chi connectivity index (χ4v) is 1.94. The highest BCUT2D eigenvalue weighted by molar-refractivity contribution is 6.07. The van der Waals surface area contributed by atoms with E-state index in [1.807, 2.05) is 30.3 Å². The van der Waals surface area contributed by atoms with Gasteiger partial charge in [-0.25, -0.2) is 0 Å². The van der Waals surface area contributed by atoms with Crippen molar-refractivity contribution < 1.29 is 4.74 Å². The fraction of sp³-hybridized carbons (Fsp3) is 0.0833. The van der Waals surface area contributed by atoms with Crippen molar-refractivity contribution in [2.75, 3.05) is 7.11 Å². The number of pyridine rings is 1. The van der Waals surface area contributed by atoms with Gasteiger partial charge in [0, 0.05) is 22.4 Å². The molecule has 0 unspecified atom stereocenters. The molecule has 0 fully saturated rings. The Balaban J connectivity index is 2.56. The lowest BCUT2D eigenvalue weighted by Gasteiger charge is -1.98. The molecule has 0 atom stereocenters. The highest BCUT2D eigenvalue weighted by atomic mass is 16.5. The maximum Gasteiger partial charge on any atom is 0.275 e. The number of benzene rings is 1. The summed E-state index contributed by atoms with van der Waals surface area (Å²) >= 11 is 0. The van der Waals surface area contributed by atoms with E-state index in [1.165, 1.54) is 7.11 Å². The van der Waals surface area contributed by atoms with Crippen molar-refractivity contribution in [2.45, 2.75) is 0 Å². The molecule has 2 heterocycles. The number of rotatable bonds is 1. The third-order valence-electron chi connectivity index (χ3n) is 2.71. The van der Waals surface area contributed by atoms with Crippen LogP contribution in [0.1, 0.15) is 0 Å². The Morgan fingerprint density at radius 1 is 1.12 bits per heavy atom. The molecule has 0 aliphatic carbocycles. The van der Waals surface area contributed by atoms with Crippen LogP contribution in [0.3, 0.4) is 0 Å². The molecular weight excluding hydrogens is 204 g/mol. The molecule has 3 aromatic rings. The van der Waals surface area contributed by atoms with Gasteiger partial charge in [-0.1, -0.05) is 18.2 Å². The topological polar surface area (TPSA) is 57.9 Å². The quantitative estimate of drug-likeness (QED) is 0.651. The molecule has 0 saturated heterocycles. The first-order valence-corrected chi connectivity index (χ1v) is 4.97. The number of nitrogens with one attached hydrogen (secondary N) is 2. The summed E-state index contributed by atoms with van der Waals surface area (Å²) in [6, 6.07) is 9.64. The zero-order chi connectivity index (χ0) is 11.1. The zero-order valence-electron chi connectivity index (χ0n) is 8.70. The predicted molar refractivity (Wildman–Crippen MR) is 63.0 cm³/mol. The van der Waals surface area contributed by atoms with Crippen molar-refractivity contribution in [1.82, 2.24) is 9.97 Å². The molecule has 0 aliphatic rings. The van der Waals surface area contributed by atoms with Crippen LogP contribution in [-0.4, -0.2) is 17.1 Å². The Labute approximate surface area is 90.9 Å². The minimum Gasteiger partial charge on any atom is -0.482 e. The number of H-pyrrole nitrogens is 2. The molecule has 4 heteroatoms. The monoisotopic (exact) mass is 214 g/mol. The van der Waals surface area contributed by atoms with E-state index in [0.29, 0.717) is 11.4 Å². The van der Waals surface area contributed by atoms with Crippen LogP contribution >= 0.6 is 0 Å². The summed E-state index contributed by atoms with van der Waals surface area (Å²) in [5, 5.41) is 1.91. The minimum absolute atomic E-state index is 0.162. The molecule has 16 heavy (non-hydrogen) atoms. The first kappa shape index (κ1) is 9.03. The average molecular weight is 214 g/mol. The van der Waals surface area contributed by atoms with Gasteiger partial charge < -0.3 is 9.72 Å². The molecule has 0 saturated carbocycles. The van der Waals surface area contributed by atoms with Gasteiger partial charge in [-0.15, -0.1) is 0 Å². The van der Waals surface area contributed by atoms with E-state index in [4.69, 9.17) is 4.74 Å². The van der Waals surface area contributed by atoms with Gasteiger partial charge in [0.05, 0.1) is 7.11 Å². The molecule has 0 spiro atoms. The van der Waals surface area contributed by atoms with E-state index in [-0.39, 0.29) is 5.56 Å². The van der Waals surface area contributed by atoms with E-state index in [2.05, 4.69) is 9.97 Å². The van der Waals surface area contributed by atoms with Gasteiger partial charge in [0.2, 0.25) is 0 Å². The van der Waals surface area contributed by atoms with Crippen LogP contribution in [0.15, 0.2) is 35.1 Å². The number of aromatic nitrogens is 2. The maximum atomic E-state index is 11.8. The number of methoxy groups -OCH3 is 1. The SMILES string of the molecule is COc1cc2c([nH]c3ccccc32)c(=O)[nH]1. The van der Waals surface area contributed by atoms with Gasteiger partial charge in [-0.05, 0) is 6.07 Å². The smallest absolute Gasteiger partial charge is 0.275 e. The number of hydrogen-bond donors (Lipinski definition) is 2. The summed E-state index contributed by atoms with van der Waals surface area (Å²) in [5.74, 6) is 0.474. The molecule has 1 aromatic carbocycles. The van der Waals surface area contributed by atoms with Crippen LogP contribution in [0.25, 0.3) is 21.8 Å². The first-order chi connectivity index (χ1) is 7.79. The number of hydrogen-bond acceptors (Lipinski definition) is 2. The van der Waals surface area contributed by atoms with E-state index < -0.39 is 0 Å². The van der Waals surface area contributed by atoms with Gasteiger partial charge in [0.25, 0.3) is 5.56 Å². The van der Waals surface area contributed by atoms with Crippen molar-refractivity contribution in [3.63, 3.8) is 0 Å². The molecule has 0 aliphatic heterocycles. The molecule has 0 radical (unpaired) electrons. The van der Waals surface area contributed by atoms with Crippen LogP contribution in [-0.2, 0) is 0 Å². The van der Waals surface area contributed by atoms with Crippen molar-refractivity contribution in [3.05, 3.63) is 40.7 Å². The summed E-state index contributed by atoms with van der Waals surface area (Å²) in [4.78, 5) is 17.5. The Morgan fingerprint density at radius 3 is 2.75 bits per heavy atom. The minimum atomic E-state index is -0.162. The van der Waals surface area contributed by atoms with E-state index in [0.717, 1.165) is 16.3 Å². The average Bonchev–Trinajstić information content (AvgIpc) is 2.68. The van der Waals surface area contributed by atoms with Gasteiger partial charge >= 0.3 is 0 Å². The third kappa shape index (κ3) is 1.13. The van der Waals surface area contributed by atoms with Crippen molar-refractivity contribution >= 4 is 21.8 Å². The lowest BCUT2D eigenvalue weighted by atomic mass is 10.2. The Morgan fingerprint density at radius 2 is 1.94 bits per heavy atom. The molecule has 3 rings (SSSR count). The van der Waals surface area contributed by atoms with Gasteiger partial charge in [0.1, 0.15) is 5.52 Å². The summed E-state index contributed by atoms with van der Waals surface area (Å²) in [7, 11) is 1.53. The van der Waals surface area contributed by atoms with Crippen LogP contribution in [0.2, 0.25) is 0 Å². The second-order valence-corrected chi connectivity index (χ2v) is 3.63. The molecular formula is C12H10N2O2. The lowest BCUT2D eigenvalue weighted by molar-refractivity contribution is 0.397. The summed E-state index contributed by atoms with van der Waals surface area (Å²) in [6.07, 6.45) is 0. The van der Waals surface area contributed by atoms with Crippen LogP contribution in [0.5, 0.6) is 5.88 Å². The van der Waals surface area contributed by atoms with Crippen LogP contribution < -0.4 is 10.3 Å². The first-order valence-electron chi connectivity index (χ1n) is 4.97. The highest BCUT2D eigenvalue weighted by Gasteiger charge is 2.08. The standard InChI is InChI=1S/C12H10N2O2/c1-16-10-6-8-7-4-2-3-5-9(7)13-11(8)12(15)14-10/h2-6,13H,1H3,(H,14,15). The lowest BCUT2D eigenvalue weighted by Crippen LogP contribution is -2.06. The molecule has 4 nitrogen and oxygen atoms in total. The Hall–Kier alpha value is -2.23. The summed E-state index contributed by atoms with van der Waals surface area (Å²) in [5.41, 5.74) is 1.38. The largest absolute Gasteiger partial charge is 0.482 e. The van der Waals surface area contributed by atoms with E-state index in [9.17, 15) is 4.79 Å². The summed E-state index contributed by atoms with van der Waals surface area (Å²) in [6.45, 7) is 0. The fourth-order valence-electron chi connectivity index (χ4n) is 1.94. The van der Waals surface area contributed by atoms with Crippen molar-refractivity contribution in [1.29, 1.82) is 0 Å². The third-order valence-corrected chi connectivity index (χ3v) is 2.71. The van der Waals surface area contributed by atoms with Crippen LogP contribution in [0, 0.1) is 0 Å². The number of para-hydroxylation sites is 1. The number of aromatic amines is 2. The maximum absolute atomic E-state index is 11.8. The van der Waals surface area contributed by atoms with Gasteiger partial charge in [-0.3, -0.25) is 9.78 Å². The zero-order valence-corrected chi connectivity index (χ0v) is 8.70. The van der Waals surface area contributed by atoms with Crippen LogP contribution in [0.4, 0.5) is 0 Å². The van der Waals surface area contributed by atoms with Gasteiger partial charge in [0.15, 0.2) is 5.88 Å².